The van der Waals surface area contributed by atoms with Crippen molar-refractivity contribution in [1.29, 1.82) is 0 Å². The summed E-state index contributed by atoms with van der Waals surface area (Å²) in [5.74, 6) is 2.15. The van der Waals surface area contributed by atoms with Crippen molar-refractivity contribution < 1.29 is 28.6 Å². The number of carboxylic acids is 1. The van der Waals surface area contributed by atoms with Crippen molar-refractivity contribution in [2.75, 3.05) is 13.7 Å². The first-order chi connectivity index (χ1) is 15.9. The molecule has 3 atom stereocenters. The summed E-state index contributed by atoms with van der Waals surface area (Å²) >= 11 is 6.88. The summed E-state index contributed by atoms with van der Waals surface area (Å²) in [5, 5.41) is 8.86. The van der Waals surface area contributed by atoms with Crippen molar-refractivity contribution in [3.05, 3.63) is 41.0 Å². The van der Waals surface area contributed by atoms with Gasteiger partial charge in [-0.15, -0.1) is 0 Å². The van der Waals surface area contributed by atoms with Gasteiger partial charge in [0.05, 0.1) is 12.0 Å². The maximum Gasteiger partial charge on any atom is 0.341 e. The van der Waals surface area contributed by atoms with Crippen LogP contribution in [0.1, 0.15) is 31.4 Å². The van der Waals surface area contributed by atoms with E-state index in [1.54, 1.807) is 36.4 Å². The van der Waals surface area contributed by atoms with E-state index in [2.05, 4.69) is 0 Å². The van der Waals surface area contributed by atoms with Gasteiger partial charge >= 0.3 is 5.97 Å². The van der Waals surface area contributed by atoms with Crippen molar-refractivity contribution in [3.8, 4) is 22.8 Å². The van der Waals surface area contributed by atoms with Crippen molar-refractivity contribution in [3.63, 3.8) is 0 Å². The van der Waals surface area contributed by atoms with Gasteiger partial charge in [-0.05, 0) is 55.4 Å². The Morgan fingerprint density at radius 1 is 1.27 bits per heavy atom. The molecule has 1 aromatic carbocycles. The number of furan rings is 1. The van der Waals surface area contributed by atoms with Crippen molar-refractivity contribution in [2.45, 2.75) is 31.7 Å². The summed E-state index contributed by atoms with van der Waals surface area (Å²) in [5.41, 5.74) is 0.670. The second-order valence-electron chi connectivity index (χ2n) is 8.58. The number of methoxy groups -OCH3 is 1. The van der Waals surface area contributed by atoms with E-state index in [9.17, 15) is 9.59 Å². The minimum Gasteiger partial charge on any atom is -0.497 e. The zero-order valence-corrected chi connectivity index (χ0v) is 19.6. The van der Waals surface area contributed by atoms with Crippen molar-refractivity contribution in [2.24, 2.45) is 11.8 Å². The van der Waals surface area contributed by atoms with E-state index in [4.69, 9.17) is 31.2 Å². The number of hydrogen-bond donors (Lipinski definition) is 1. The number of nitrogens with zero attached hydrogens (tertiary/aromatic N) is 1. The molecule has 1 amide bonds. The molecule has 33 heavy (non-hydrogen) atoms. The third-order valence-corrected chi connectivity index (χ3v) is 7.85. The van der Waals surface area contributed by atoms with Gasteiger partial charge in [0.2, 0.25) is 0 Å². The summed E-state index contributed by atoms with van der Waals surface area (Å²) < 4.78 is 17.2. The van der Waals surface area contributed by atoms with E-state index >= 15 is 0 Å². The molecule has 2 heterocycles. The number of aliphatic carboxylic acids is 1. The monoisotopic (exact) mass is 485 g/mol. The molecule has 0 spiro atoms. The van der Waals surface area contributed by atoms with Crippen LogP contribution in [0.15, 0.2) is 39.7 Å². The molecule has 2 aromatic rings. The Hall–Kier alpha value is -2.78. The Kier molecular flexibility index (Phi) is 5.92. The zero-order valence-electron chi connectivity index (χ0n) is 18.0. The van der Waals surface area contributed by atoms with E-state index in [0.29, 0.717) is 43.7 Å². The number of carbonyl (C=O) groups is 2. The Morgan fingerprint density at radius 3 is 2.79 bits per heavy atom. The molecule has 172 valence electrons. The minimum atomic E-state index is -1.07. The van der Waals surface area contributed by atoms with Crippen molar-refractivity contribution in [1.82, 2.24) is 4.90 Å². The van der Waals surface area contributed by atoms with E-state index in [1.807, 2.05) is 4.90 Å². The third kappa shape index (κ3) is 4.39. The van der Waals surface area contributed by atoms with E-state index in [1.165, 1.54) is 38.1 Å². The lowest BCUT2D eigenvalue weighted by atomic mass is 9.94. The fraction of sp³-hybridized carbons (Fsp3) is 0.375. The highest BCUT2D eigenvalue weighted by Crippen LogP contribution is 2.49. The minimum absolute atomic E-state index is 0.0359. The summed E-state index contributed by atoms with van der Waals surface area (Å²) in [4.78, 5) is 26.4. The summed E-state index contributed by atoms with van der Waals surface area (Å²) in [7, 11) is 1.52. The van der Waals surface area contributed by atoms with Crippen LogP contribution < -0.4 is 9.47 Å². The number of fused-ring (bicyclic) bond motifs is 2. The van der Waals surface area contributed by atoms with Crippen LogP contribution in [-0.4, -0.2) is 46.0 Å². The molecule has 0 radical (unpaired) electrons. The predicted molar refractivity (Wildman–Crippen MR) is 128 cm³/mol. The first-order valence-corrected chi connectivity index (χ1v) is 12.0. The molecule has 7 nitrogen and oxygen atoms in total. The van der Waals surface area contributed by atoms with Crippen LogP contribution in [0.2, 0.25) is 0 Å². The molecule has 9 heteroatoms. The fourth-order valence-electron chi connectivity index (χ4n) is 5.07. The largest absolute Gasteiger partial charge is 0.497 e. The van der Waals surface area contributed by atoms with Gasteiger partial charge in [0, 0.05) is 23.7 Å². The first-order valence-electron chi connectivity index (χ1n) is 10.8. The lowest BCUT2D eigenvalue weighted by Gasteiger charge is -2.30. The van der Waals surface area contributed by atoms with E-state index in [-0.39, 0.29) is 11.9 Å². The maximum atomic E-state index is 13.1. The van der Waals surface area contributed by atoms with Gasteiger partial charge in [-0.2, -0.15) is 0 Å². The molecule has 3 aliphatic rings. The maximum absolute atomic E-state index is 13.1. The SMILES string of the molecule is COc1cc(OCC(=O)O)cc(-c2ccc(C=C3SC(=S)N(C4CC5CCC4C5)C3=O)o2)c1. The van der Waals surface area contributed by atoms with Gasteiger partial charge in [0.25, 0.3) is 5.91 Å². The van der Waals surface area contributed by atoms with Crippen LogP contribution >= 0.6 is 24.0 Å². The second kappa shape index (κ2) is 8.87. The lowest BCUT2D eigenvalue weighted by Crippen LogP contribution is -2.41. The number of carboxylic acid groups (broad SMARTS) is 1. The van der Waals surface area contributed by atoms with E-state index < -0.39 is 12.6 Å². The molecule has 3 fully saturated rings. The number of ether oxygens (including phenoxy) is 2. The molecular formula is C24H23NO6S2. The number of benzene rings is 1. The number of thiocarbonyl (C=S) groups is 1. The summed E-state index contributed by atoms with van der Waals surface area (Å²) in [6.45, 7) is -0.458. The topological polar surface area (TPSA) is 89.2 Å². The average Bonchev–Trinajstić information content (AvgIpc) is 3.58. The zero-order chi connectivity index (χ0) is 23.1. The molecular weight excluding hydrogens is 462 g/mol. The van der Waals surface area contributed by atoms with Crippen LogP contribution in [0.4, 0.5) is 0 Å². The van der Waals surface area contributed by atoms with Crippen molar-refractivity contribution >= 4 is 46.3 Å². The van der Waals surface area contributed by atoms with Crippen LogP contribution in [0.5, 0.6) is 11.5 Å². The van der Waals surface area contributed by atoms with Crippen LogP contribution in [0.3, 0.4) is 0 Å². The van der Waals surface area contributed by atoms with Gasteiger partial charge in [0.15, 0.2) is 6.61 Å². The van der Waals surface area contributed by atoms with Crippen LogP contribution in [-0.2, 0) is 9.59 Å². The molecule has 3 unspecified atom stereocenters. The Balaban J connectivity index is 1.36. The molecule has 1 aliphatic heterocycles. The van der Waals surface area contributed by atoms with Gasteiger partial charge in [-0.3, -0.25) is 9.69 Å². The second-order valence-corrected chi connectivity index (χ2v) is 10.3. The predicted octanol–water partition coefficient (Wildman–Crippen LogP) is 4.81. The Bertz CT molecular complexity index is 1160. The average molecular weight is 486 g/mol. The highest BCUT2D eigenvalue weighted by Gasteiger charge is 2.48. The van der Waals surface area contributed by atoms with Gasteiger partial charge in [-0.1, -0.05) is 30.4 Å². The number of hydrogen-bond acceptors (Lipinski definition) is 7. The normalized spacial score (nSPS) is 25.3. The number of amides is 1. The van der Waals surface area contributed by atoms with Gasteiger partial charge in [0.1, 0.15) is 27.3 Å². The molecule has 1 aromatic heterocycles. The number of rotatable bonds is 7. The molecule has 2 saturated carbocycles. The standard InChI is InChI=1S/C24H23NO6S2/c1-29-17-8-15(9-18(10-17)30-12-22(26)27)20-5-4-16(31-20)11-21-23(28)25(24(32)33-21)19-7-13-2-3-14(19)6-13/h4-5,8-11,13-14,19H,2-3,6-7,12H2,1H3,(H,26,27). The number of carbonyl (C=O) groups excluding carboxylic acids is 1. The summed E-state index contributed by atoms with van der Waals surface area (Å²) in [6, 6.07) is 8.87. The first kappa shape index (κ1) is 22.0. The van der Waals surface area contributed by atoms with E-state index in [0.717, 1.165) is 12.3 Å². The highest BCUT2D eigenvalue weighted by atomic mass is 32.2. The molecule has 1 N–H and O–H groups in total. The van der Waals surface area contributed by atoms with Gasteiger partial charge in [-0.25, -0.2) is 4.79 Å². The van der Waals surface area contributed by atoms with Gasteiger partial charge < -0.3 is 19.0 Å². The lowest BCUT2D eigenvalue weighted by molar-refractivity contribution is -0.139. The molecule has 2 aliphatic carbocycles. The van der Waals surface area contributed by atoms with Crippen LogP contribution in [0, 0.1) is 11.8 Å². The molecule has 1 saturated heterocycles. The molecule has 5 rings (SSSR count). The summed E-state index contributed by atoms with van der Waals surface area (Å²) in [6.07, 6.45) is 6.45. The quantitative estimate of drug-likeness (QED) is 0.442. The third-order valence-electron chi connectivity index (χ3n) is 6.52. The smallest absolute Gasteiger partial charge is 0.341 e. The Labute approximate surface area is 200 Å². The fourth-order valence-corrected chi connectivity index (χ4v) is 6.42. The van der Waals surface area contributed by atoms with Crippen LogP contribution in [0.25, 0.3) is 17.4 Å². The molecule has 2 bridgehead atoms. The number of thioether (sulfide) groups is 1. The Morgan fingerprint density at radius 2 is 2.09 bits per heavy atom. The highest BCUT2D eigenvalue weighted by molar-refractivity contribution is 8.26.